The molecule has 1 aromatic rings. The van der Waals surface area contributed by atoms with Crippen LogP contribution in [0.3, 0.4) is 0 Å². The summed E-state index contributed by atoms with van der Waals surface area (Å²) in [5, 5.41) is 0.616. The molecule has 0 aliphatic heterocycles. The van der Waals surface area contributed by atoms with Gasteiger partial charge in [-0.25, -0.2) is 0 Å². The highest BCUT2D eigenvalue weighted by Gasteiger charge is 2.06. The van der Waals surface area contributed by atoms with Crippen LogP contribution in [0, 0.1) is 5.92 Å². The second kappa shape index (κ2) is 9.30. The Morgan fingerprint density at radius 2 is 2.05 bits per heavy atom. The van der Waals surface area contributed by atoms with Gasteiger partial charge < -0.3 is 4.74 Å². The molecule has 0 unspecified atom stereocenters. The van der Waals surface area contributed by atoms with Crippen LogP contribution in [-0.2, 0) is 11.2 Å². The average Bonchev–Trinajstić information content (AvgIpc) is 2.41. The summed E-state index contributed by atoms with van der Waals surface area (Å²) < 4.78 is 5.35. The van der Waals surface area contributed by atoms with Gasteiger partial charge in [0.25, 0.3) is 0 Å². The average molecular weight is 315 g/mol. The third-order valence-electron chi connectivity index (χ3n) is 3.25. The number of thiol groups is 1. The molecule has 1 rings (SSSR count). The van der Waals surface area contributed by atoms with E-state index in [0.717, 1.165) is 25.7 Å². The summed E-state index contributed by atoms with van der Waals surface area (Å²) in [7, 11) is 0. The summed E-state index contributed by atoms with van der Waals surface area (Å²) in [4.78, 5) is 11.5. The zero-order valence-corrected chi connectivity index (χ0v) is 13.8. The predicted octanol–water partition coefficient (Wildman–Crippen LogP) is 4.93. The lowest BCUT2D eigenvalue weighted by Gasteiger charge is -2.08. The highest BCUT2D eigenvalue weighted by Crippen LogP contribution is 2.26. The first-order valence-corrected chi connectivity index (χ1v) is 8.10. The molecule has 0 saturated carbocycles. The topological polar surface area (TPSA) is 26.3 Å². The molecule has 0 fully saturated rings. The molecule has 20 heavy (non-hydrogen) atoms. The Labute approximate surface area is 132 Å². The molecule has 0 N–H and O–H groups in total. The Kier molecular flexibility index (Phi) is 8.08. The Morgan fingerprint density at radius 3 is 2.70 bits per heavy atom. The maximum absolute atomic E-state index is 11.5. The number of ketones is 1. The van der Waals surface area contributed by atoms with Gasteiger partial charge in [-0.1, -0.05) is 37.9 Å². The summed E-state index contributed by atoms with van der Waals surface area (Å²) in [5.74, 6) is 1.53. The molecular weight excluding hydrogens is 292 g/mol. The van der Waals surface area contributed by atoms with Crippen molar-refractivity contribution >= 4 is 30.0 Å². The number of Topliss-reactive ketones (excluding diaryl/α,β-unsaturated/α-hetero) is 1. The highest BCUT2D eigenvalue weighted by atomic mass is 35.5. The van der Waals surface area contributed by atoms with Crippen LogP contribution < -0.4 is 4.74 Å². The van der Waals surface area contributed by atoms with Crippen molar-refractivity contribution in [2.75, 3.05) is 5.94 Å². The quantitative estimate of drug-likeness (QED) is 0.397. The third-order valence-corrected chi connectivity index (χ3v) is 3.69. The normalized spacial score (nSPS) is 10.8. The summed E-state index contributed by atoms with van der Waals surface area (Å²) >= 11 is 10.1. The summed E-state index contributed by atoms with van der Waals surface area (Å²) in [6.07, 6.45) is 4.81. The monoisotopic (exact) mass is 314 g/mol. The van der Waals surface area contributed by atoms with Crippen molar-refractivity contribution in [3.05, 3.63) is 28.8 Å². The number of carbonyl (C=O) groups excluding carboxylic acids is 1. The molecule has 0 aliphatic carbocycles. The number of hydrogen-bond donors (Lipinski definition) is 1. The number of aryl methyl sites for hydroxylation is 1. The number of carbonyl (C=O) groups is 1. The van der Waals surface area contributed by atoms with Crippen LogP contribution in [0.1, 0.15) is 45.1 Å². The van der Waals surface area contributed by atoms with Crippen molar-refractivity contribution in [1.29, 1.82) is 0 Å². The van der Waals surface area contributed by atoms with E-state index in [4.69, 9.17) is 16.3 Å². The van der Waals surface area contributed by atoms with Gasteiger partial charge in [0, 0.05) is 12.3 Å². The number of hydrogen-bond acceptors (Lipinski definition) is 3. The van der Waals surface area contributed by atoms with Crippen molar-refractivity contribution in [2.24, 2.45) is 5.92 Å². The lowest BCUT2D eigenvalue weighted by Crippen LogP contribution is -2.06. The van der Waals surface area contributed by atoms with E-state index in [-0.39, 0.29) is 5.92 Å². The molecule has 2 nitrogen and oxygen atoms in total. The summed E-state index contributed by atoms with van der Waals surface area (Å²) in [6, 6.07) is 5.85. The lowest BCUT2D eigenvalue weighted by atomic mass is 10.0. The zero-order chi connectivity index (χ0) is 15.0. The molecule has 112 valence electrons. The van der Waals surface area contributed by atoms with Crippen molar-refractivity contribution in [2.45, 2.75) is 46.0 Å². The molecule has 4 heteroatoms. The van der Waals surface area contributed by atoms with Gasteiger partial charge in [-0.2, -0.15) is 0 Å². The fraction of sp³-hybridized carbons (Fsp3) is 0.562. The molecular formula is C16H23ClO2S. The highest BCUT2D eigenvalue weighted by molar-refractivity contribution is 7.80. The minimum Gasteiger partial charge on any atom is -0.482 e. The minimum atomic E-state index is 0.159. The fourth-order valence-electron chi connectivity index (χ4n) is 1.98. The second-order valence-corrected chi connectivity index (χ2v) is 5.89. The maximum Gasteiger partial charge on any atom is 0.139 e. The minimum absolute atomic E-state index is 0.159. The summed E-state index contributed by atoms with van der Waals surface area (Å²) in [6.45, 7) is 3.91. The van der Waals surface area contributed by atoms with Crippen LogP contribution in [0.4, 0.5) is 0 Å². The van der Waals surface area contributed by atoms with E-state index in [1.807, 2.05) is 32.0 Å². The molecule has 0 amide bonds. The number of ether oxygens (including phenoxy) is 1. The van der Waals surface area contributed by atoms with Gasteiger partial charge >= 0.3 is 0 Å². The first kappa shape index (κ1) is 17.4. The van der Waals surface area contributed by atoms with Crippen molar-refractivity contribution in [3.63, 3.8) is 0 Å². The first-order chi connectivity index (χ1) is 9.54. The van der Waals surface area contributed by atoms with Crippen LogP contribution in [0.15, 0.2) is 18.2 Å². The molecule has 0 bridgehead atoms. The van der Waals surface area contributed by atoms with E-state index >= 15 is 0 Å². The van der Waals surface area contributed by atoms with Crippen molar-refractivity contribution < 1.29 is 9.53 Å². The Bertz CT molecular complexity index is 432. The van der Waals surface area contributed by atoms with Crippen LogP contribution in [0.2, 0.25) is 5.02 Å². The van der Waals surface area contributed by atoms with E-state index < -0.39 is 0 Å². The Morgan fingerprint density at radius 1 is 1.30 bits per heavy atom. The molecule has 0 aromatic heterocycles. The molecule has 0 heterocycles. The second-order valence-electron chi connectivity index (χ2n) is 5.22. The molecule has 0 spiro atoms. The zero-order valence-electron chi connectivity index (χ0n) is 12.2. The third kappa shape index (κ3) is 6.19. The van der Waals surface area contributed by atoms with Gasteiger partial charge in [0.1, 0.15) is 17.5 Å². The number of unbranched alkanes of at least 4 members (excludes halogenated alkanes) is 2. The fourth-order valence-corrected chi connectivity index (χ4v) is 2.29. The smallest absolute Gasteiger partial charge is 0.139 e. The number of benzene rings is 1. The van der Waals surface area contributed by atoms with E-state index in [0.29, 0.717) is 28.9 Å². The van der Waals surface area contributed by atoms with E-state index in [2.05, 4.69) is 12.6 Å². The summed E-state index contributed by atoms with van der Waals surface area (Å²) in [5.41, 5.74) is 1.21. The van der Waals surface area contributed by atoms with Gasteiger partial charge in [-0.05, 0) is 37.0 Å². The van der Waals surface area contributed by atoms with E-state index in [9.17, 15) is 4.79 Å². The van der Waals surface area contributed by atoms with Crippen molar-refractivity contribution in [1.82, 2.24) is 0 Å². The molecule has 0 radical (unpaired) electrons. The van der Waals surface area contributed by atoms with Gasteiger partial charge in [-0.15, -0.1) is 12.6 Å². The molecule has 1 aromatic carbocycles. The number of rotatable bonds is 9. The first-order valence-electron chi connectivity index (χ1n) is 7.09. The van der Waals surface area contributed by atoms with E-state index in [1.54, 1.807) is 0 Å². The number of halogens is 1. The predicted molar refractivity (Wildman–Crippen MR) is 88.0 cm³/mol. The Hall–Kier alpha value is -0.670. The van der Waals surface area contributed by atoms with Crippen LogP contribution >= 0.6 is 24.2 Å². The maximum atomic E-state index is 11.5. The van der Waals surface area contributed by atoms with Crippen LogP contribution in [0.5, 0.6) is 5.75 Å². The van der Waals surface area contributed by atoms with Crippen LogP contribution in [0.25, 0.3) is 0 Å². The Balaban J connectivity index is 2.32. The van der Waals surface area contributed by atoms with Crippen molar-refractivity contribution in [3.8, 4) is 5.75 Å². The van der Waals surface area contributed by atoms with Crippen LogP contribution in [-0.4, -0.2) is 11.7 Å². The molecule has 0 saturated heterocycles. The molecule has 0 aliphatic rings. The van der Waals surface area contributed by atoms with E-state index in [1.165, 1.54) is 5.56 Å². The van der Waals surface area contributed by atoms with Gasteiger partial charge in [0.2, 0.25) is 0 Å². The standard InChI is InChI=1S/C16H23ClO2S/c1-12(2)15(18)7-5-3-4-6-13-8-9-14(17)16(10-13)19-11-20/h8-10,12,20H,3-7,11H2,1-2H3. The molecule has 0 atom stereocenters. The van der Waals surface area contributed by atoms with Gasteiger partial charge in [0.05, 0.1) is 5.02 Å². The largest absolute Gasteiger partial charge is 0.482 e. The van der Waals surface area contributed by atoms with Gasteiger partial charge in [-0.3, -0.25) is 4.79 Å². The van der Waals surface area contributed by atoms with Gasteiger partial charge in [0.15, 0.2) is 0 Å². The lowest BCUT2D eigenvalue weighted by molar-refractivity contribution is -0.122. The SMILES string of the molecule is CC(C)C(=O)CCCCCc1ccc(Cl)c(OCS)c1.